The van der Waals surface area contributed by atoms with Crippen molar-refractivity contribution in [1.82, 2.24) is 20.1 Å². The monoisotopic (exact) mass is 366 g/mol. The van der Waals surface area contributed by atoms with Crippen LogP contribution in [0, 0.1) is 12.3 Å². The molecule has 4 rings (SSSR count). The highest BCUT2D eigenvalue weighted by Gasteiger charge is 2.36. The van der Waals surface area contributed by atoms with Crippen LogP contribution in [0.2, 0.25) is 0 Å². The van der Waals surface area contributed by atoms with Crippen molar-refractivity contribution in [2.75, 3.05) is 0 Å². The molecule has 0 saturated heterocycles. The summed E-state index contributed by atoms with van der Waals surface area (Å²) in [7, 11) is 0. The number of hydrogen-bond donors (Lipinski definition) is 1. The summed E-state index contributed by atoms with van der Waals surface area (Å²) in [4.78, 5) is 16.7. The van der Waals surface area contributed by atoms with Gasteiger partial charge in [-0.05, 0) is 36.8 Å². The molecule has 1 aliphatic rings. The van der Waals surface area contributed by atoms with Crippen molar-refractivity contribution in [3.8, 4) is 5.69 Å². The first kappa shape index (κ1) is 17.0. The number of amides is 1. The number of nitrogens with one attached hydrogen (secondary N) is 1. The van der Waals surface area contributed by atoms with Crippen molar-refractivity contribution in [1.29, 1.82) is 0 Å². The number of nitrogens with zero attached hydrogens (tertiary/aromatic N) is 3. The molecule has 1 aromatic carbocycles. The average Bonchev–Trinajstić information content (AvgIpc) is 3.24. The van der Waals surface area contributed by atoms with E-state index in [0.717, 1.165) is 24.1 Å². The van der Waals surface area contributed by atoms with Crippen LogP contribution < -0.4 is 5.32 Å². The van der Waals surface area contributed by atoms with Crippen LogP contribution in [-0.2, 0) is 6.42 Å². The maximum absolute atomic E-state index is 12.5. The number of rotatable bonds is 3. The Hall–Kier alpha value is -2.47. The molecule has 26 heavy (non-hydrogen) atoms. The first-order chi connectivity index (χ1) is 12.4. The highest BCUT2D eigenvalue weighted by molar-refractivity contribution is 7.07. The van der Waals surface area contributed by atoms with Gasteiger partial charge < -0.3 is 5.32 Å². The third-order valence-corrected chi connectivity index (χ3v) is 5.58. The highest BCUT2D eigenvalue weighted by atomic mass is 32.1. The van der Waals surface area contributed by atoms with Crippen LogP contribution >= 0.6 is 11.3 Å². The molecule has 0 saturated carbocycles. The lowest BCUT2D eigenvalue weighted by molar-refractivity contribution is 0.0915. The third kappa shape index (κ3) is 3.05. The van der Waals surface area contributed by atoms with Gasteiger partial charge in [0.1, 0.15) is 5.69 Å². The van der Waals surface area contributed by atoms with Gasteiger partial charge >= 0.3 is 0 Å². The molecule has 1 atom stereocenters. The van der Waals surface area contributed by atoms with Crippen LogP contribution in [0.4, 0.5) is 0 Å². The van der Waals surface area contributed by atoms with Gasteiger partial charge in [-0.3, -0.25) is 4.79 Å². The molecule has 5 nitrogen and oxygen atoms in total. The maximum Gasteiger partial charge on any atom is 0.271 e. The van der Waals surface area contributed by atoms with E-state index in [9.17, 15) is 4.79 Å². The maximum atomic E-state index is 12.5. The minimum atomic E-state index is -0.122. The van der Waals surface area contributed by atoms with E-state index in [4.69, 9.17) is 0 Å². The second-order valence-electron chi connectivity index (χ2n) is 7.69. The van der Waals surface area contributed by atoms with Crippen LogP contribution in [-0.4, -0.2) is 20.7 Å². The summed E-state index contributed by atoms with van der Waals surface area (Å²) < 4.78 is 2.04. The number of fused-ring (bicyclic) bond motifs is 1. The molecule has 3 aromatic rings. The van der Waals surface area contributed by atoms with Gasteiger partial charge in [-0.15, -0.1) is 11.3 Å². The lowest BCUT2D eigenvalue weighted by Crippen LogP contribution is -2.37. The third-order valence-electron chi connectivity index (χ3n) is 4.99. The smallest absolute Gasteiger partial charge is 0.271 e. The molecular weight excluding hydrogens is 344 g/mol. The summed E-state index contributed by atoms with van der Waals surface area (Å²) in [6.45, 7) is 6.58. The molecule has 1 unspecified atom stereocenters. The van der Waals surface area contributed by atoms with Crippen molar-refractivity contribution in [3.05, 3.63) is 63.9 Å². The highest BCUT2D eigenvalue weighted by Crippen LogP contribution is 2.41. The normalized spacial score (nSPS) is 18.3. The van der Waals surface area contributed by atoms with E-state index < -0.39 is 0 Å². The molecular formula is C20H22N4OS. The van der Waals surface area contributed by atoms with Gasteiger partial charge in [-0.2, -0.15) is 5.10 Å². The molecule has 0 aliphatic heterocycles. The zero-order valence-corrected chi connectivity index (χ0v) is 16.0. The Labute approximate surface area is 157 Å². The van der Waals surface area contributed by atoms with Crippen molar-refractivity contribution < 1.29 is 4.79 Å². The number of carbonyl (C=O) groups is 1. The Morgan fingerprint density at radius 3 is 2.88 bits per heavy atom. The zero-order chi connectivity index (χ0) is 18.3. The van der Waals surface area contributed by atoms with Crippen LogP contribution in [0.15, 0.2) is 41.4 Å². The Kier molecular flexibility index (Phi) is 4.15. The van der Waals surface area contributed by atoms with Crippen LogP contribution in [0.5, 0.6) is 0 Å². The van der Waals surface area contributed by atoms with Crippen LogP contribution in [0.25, 0.3) is 5.69 Å². The fraction of sp³-hybridized carbons (Fsp3) is 0.350. The van der Waals surface area contributed by atoms with Crippen molar-refractivity contribution in [3.63, 3.8) is 0 Å². The Morgan fingerprint density at radius 2 is 2.15 bits per heavy atom. The molecule has 2 heterocycles. The Bertz CT molecular complexity index is 943. The second-order valence-corrected chi connectivity index (χ2v) is 8.41. The zero-order valence-electron chi connectivity index (χ0n) is 15.2. The number of aryl methyl sites for hydroxylation is 1. The van der Waals surface area contributed by atoms with Crippen molar-refractivity contribution in [2.45, 2.75) is 39.7 Å². The van der Waals surface area contributed by atoms with Gasteiger partial charge in [0.2, 0.25) is 0 Å². The van der Waals surface area contributed by atoms with Gasteiger partial charge in [0.15, 0.2) is 0 Å². The molecule has 0 fully saturated rings. The number of aromatic nitrogens is 3. The number of hydrogen-bond acceptors (Lipinski definition) is 4. The van der Waals surface area contributed by atoms with E-state index in [2.05, 4.69) is 48.3 Å². The van der Waals surface area contributed by atoms with Gasteiger partial charge in [-0.1, -0.05) is 32.0 Å². The average molecular weight is 366 g/mol. The first-order valence-electron chi connectivity index (χ1n) is 8.76. The van der Waals surface area contributed by atoms with Gasteiger partial charge in [-0.25, -0.2) is 9.67 Å². The fourth-order valence-electron chi connectivity index (χ4n) is 3.74. The minimum absolute atomic E-state index is 0.0549. The van der Waals surface area contributed by atoms with E-state index in [1.165, 1.54) is 22.6 Å². The molecule has 2 aromatic heterocycles. The summed E-state index contributed by atoms with van der Waals surface area (Å²) in [5.41, 5.74) is 6.80. The molecule has 1 amide bonds. The molecule has 1 N–H and O–H groups in total. The number of thiazole rings is 1. The number of benzene rings is 1. The molecule has 0 radical (unpaired) electrons. The predicted octanol–water partition coefficient (Wildman–Crippen LogP) is 4.08. The topological polar surface area (TPSA) is 59.8 Å². The SMILES string of the molecule is Cc1ccccc1-n1ncc2c1CC(C)(C)CC2NC(=O)c1cscn1. The second kappa shape index (κ2) is 6.36. The molecule has 1 aliphatic carbocycles. The van der Waals surface area contributed by atoms with Crippen LogP contribution in [0.1, 0.15) is 53.6 Å². The Morgan fingerprint density at radius 1 is 1.35 bits per heavy atom. The molecule has 0 bridgehead atoms. The summed E-state index contributed by atoms with van der Waals surface area (Å²) in [6, 6.07) is 8.20. The van der Waals surface area contributed by atoms with E-state index >= 15 is 0 Å². The minimum Gasteiger partial charge on any atom is -0.344 e. The molecule has 0 spiro atoms. The van der Waals surface area contributed by atoms with Gasteiger partial charge in [0.25, 0.3) is 5.91 Å². The Balaban J connectivity index is 1.72. The van der Waals surface area contributed by atoms with E-state index in [0.29, 0.717) is 5.69 Å². The number of para-hydroxylation sites is 1. The predicted molar refractivity (Wildman–Crippen MR) is 103 cm³/mol. The number of carbonyl (C=O) groups excluding carboxylic acids is 1. The summed E-state index contributed by atoms with van der Waals surface area (Å²) >= 11 is 1.43. The van der Waals surface area contributed by atoms with Crippen molar-refractivity contribution in [2.24, 2.45) is 5.41 Å². The van der Waals surface area contributed by atoms with E-state index in [1.54, 1.807) is 10.9 Å². The van der Waals surface area contributed by atoms with E-state index in [1.807, 2.05) is 23.0 Å². The van der Waals surface area contributed by atoms with E-state index in [-0.39, 0.29) is 17.4 Å². The lowest BCUT2D eigenvalue weighted by Gasteiger charge is -2.36. The largest absolute Gasteiger partial charge is 0.344 e. The molecule has 134 valence electrons. The summed E-state index contributed by atoms with van der Waals surface area (Å²) in [5, 5.41) is 9.61. The first-order valence-corrected chi connectivity index (χ1v) is 9.71. The van der Waals surface area contributed by atoms with Gasteiger partial charge in [0.05, 0.1) is 29.1 Å². The standard InChI is InChI=1S/C20H22N4OS/c1-13-6-4-5-7-17(13)24-18-9-20(2,3)8-15(14(18)10-22-24)23-19(25)16-11-26-12-21-16/h4-7,10-12,15H,8-9H2,1-3H3,(H,23,25). The quantitative estimate of drug-likeness (QED) is 0.760. The fourth-order valence-corrected chi connectivity index (χ4v) is 4.27. The van der Waals surface area contributed by atoms with Crippen molar-refractivity contribution >= 4 is 17.2 Å². The molecule has 6 heteroatoms. The summed E-state index contributed by atoms with van der Waals surface area (Å²) in [5.74, 6) is -0.122. The van der Waals surface area contributed by atoms with Crippen LogP contribution in [0.3, 0.4) is 0 Å². The lowest BCUT2D eigenvalue weighted by atomic mass is 9.74. The summed E-state index contributed by atoms with van der Waals surface area (Å²) in [6.07, 6.45) is 3.72. The van der Waals surface area contributed by atoms with Gasteiger partial charge in [0, 0.05) is 10.9 Å².